The smallest absolute Gasteiger partial charge is 0.264 e. The van der Waals surface area contributed by atoms with Gasteiger partial charge in [0.25, 0.3) is 5.91 Å². The molecule has 1 amide bonds. The highest BCUT2D eigenvalue weighted by molar-refractivity contribution is 8.18. The summed E-state index contributed by atoms with van der Waals surface area (Å²) in [6.07, 6.45) is 3.97. The topological polar surface area (TPSA) is 46.4 Å². The van der Waals surface area contributed by atoms with Crippen LogP contribution in [0.1, 0.15) is 25.5 Å². The molecule has 1 fully saturated rings. The molecular weight excluding hydrogens is 361 g/mol. The molecule has 0 radical (unpaired) electrons. The van der Waals surface area contributed by atoms with Gasteiger partial charge in [0, 0.05) is 28.7 Å². The number of para-hydroxylation sites is 1. The normalized spacial score (nSPS) is 17.4. The Balaban J connectivity index is 1.68. The Bertz CT molecular complexity index is 1080. The van der Waals surface area contributed by atoms with E-state index in [1.807, 2.05) is 18.2 Å². The average molecular weight is 379 g/mol. The molecule has 6 heteroatoms. The van der Waals surface area contributed by atoms with Gasteiger partial charge in [-0.05, 0) is 62.0 Å². The number of carbonyl (C=O) groups excluding carboxylic acids is 1. The molecule has 4 nitrogen and oxygen atoms in total. The number of thioether (sulfide) groups is 1. The molecule has 0 unspecified atom stereocenters. The number of hydrogen-bond acceptors (Lipinski definition) is 3. The molecule has 2 heterocycles. The lowest BCUT2D eigenvalue weighted by molar-refractivity contribution is -0.115. The minimum atomic E-state index is -0.316. The highest BCUT2D eigenvalue weighted by Gasteiger charge is 2.24. The van der Waals surface area contributed by atoms with Crippen LogP contribution in [-0.2, 0) is 4.79 Å². The number of fused-ring (bicyclic) bond motifs is 1. The molecule has 1 N–H and O–H groups in total. The van der Waals surface area contributed by atoms with Crippen molar-refractivity contribution < 1.29 is 9.18 Å². The van der Waals surface area contributed by atoms with Crippen molar-refractivity contribution >= 4 is 45.5 Å². The first kappa shape index (κ1) is 17.5. The van der Waals surface area contributed by atoms with Gasteiger partial charge >= 0.3 is 0 Å². The largest absolute Gasteiger partial charge is 0.344 e. The third-order valence-corrected chi connectivity index (χ3v) is 5.23. The molecule has 1 aromatic heterocycles. The Morgan fingerprint density at radius 1 is 1.15 bits per heavy atom. The summed E-state index contributed by atoms with van der Waals surface area (Å²) in [6.45, 7) is 4.27. The van der Waals surface area contributed by atoms with Crippen LogP contribution in [0.3, 0.4) is 0 Å². The van der Waals surface area contributed by atoms with Crippen LogP contribution in [0.2, 0.25) is 0 Å². The first-order valence-corrected chi connectivity index (χ1v) is 9.47. The molecule has 2 aromatic carbocycles. The molecule has 1 saturated heterocycles. The molecule has 0 spiro atoms. The van der Waals surface area contributed by atoms with Crippen molar-refractivity contribution in [3.63, 3.8) is 0 Å². The van der Waals surface area contributed by atoms with E-state index >= 15 is 0 Å². The quantitative estimate of drug-likeness (QED) is 0.632. The number of aliphatic imine (C=N–C) groups is 1. The van der Waals surface area contributed by atoms with Crippen molar-refractivity contribution in [2.75, 3.05) is 0 Å². The Morgan fingerprint density at radius 3 is 2.63 bits per heavy atom. The van der Waals surface area contributed by atoms with E-state index in [4.69, 9.17) is 0 Å². The van der Waals surface area contributed by atoms with Crippen molar-refractivity contribution in [1.82, 2.24) is 9.88 Å². The molecule has 0 atom stereocenters. The summed E-state index contributed by atoms with van der Waals surface area (Å²) >= 11 is 1.29. The number of hydrogen-bond donors (Lipinski definition) is 1. The third-order valence-electron chi connectivity index (χ3n) is 4.32. The van der Waals surface area contributed by atoms with Crippen LogP contribution >= 0.6 is 11.8 Å². The van der Waals surface area contributed by atoms with Gasteiger partial charge in [-0.15, -0.1) is 0 Å². The highest BCUT2D eigenvalue weighted by Crippen LogP contribution is 2.32. The summed E-state index contributed by atoms with van der Waals surface area (Å²) in [5, 5.41) is 4.37. The maximum Gasteiger partial charge on any atom is 0.264 e. The number of nitrogens with one attached hydrogen (secondary N) is 1. The van der Waals surface area contributed by atoms with Crippen molar-refractivity contribution in [3.05, 3.63) is 71.0 Å². The molecule has 3 aromatic rings. The number of rotatable bonds is 3. The predicted octanol–water partition coefficient (Wildman–Crippen LogP) is 5.25. The first-order chi connectivity index (χ1) is 13.0. The fraction of sp³-hybridized carbons (Fsp3) is 0.143. The number of halogens is 1. The maximum absolute atomic E-state index is 13.0. The Kier molecular flexibility index (Phi) is 4.58. The van der Waals surface area contributed by atoms with E-state index in [2.05, 4.69) is 47.1 Å². The van der Waals surface area contributed by atoms with Crippen molar-refractivity contribution in [2.24, 2.45) is 4.99 Å². The Morgan fingerprint density at radius 2 is 1.89 bits per heavy atom. The zero-order chi connectivity index (χ0) is 19.0. The average Bonchev–Trinajstić information content (AvgIpc) is 3.18. The zero-order valence-electron chi connectivity index (χ0n) is 14.9. The second kappa shape index (κ2) is 7.04. The van der Waals surface area contributed by atoms with Gasteiger partial charge in [0.05, 0.1) is 10.6 Å². The van der Waals surface area contributed by atoms with Gasteiger partial charge in [0.1, 0.15) is 5.82 Å². The predicted molar refractivity (Wildman–Crippen MR) is 110 cm³/mol. The van der Waals surface area contributed by atoms with Gasteiger partial charge in [-0.25, -0.2) is 9.38 Å². The molecule has 4 rings (SSSR count). The van der Waals surface area contributed by atoms with E-state index in [1.165, 1.54) is 23.9 Å². The number of benzene rings is 2. The van der Waals surface area contributed by atoms with Crippen LogP contribution in [-0.4, -0.2) is 15.6 Å². The minimum absolute atomic E-state index is 0.178. The van der Waals surface area contributed by atoms with Gasteiger partial charge in [-0.1, -0.05) is 18.2 Å². The lowest BCUT2D eigenvalue weighted by atomic mass is 10.1. The van der Waals surface area contributed by atoms with E-state index in [0.717, 1.165) is 16.5 Å². The number of amides is 1. The van der Waals surface area contributed by atoms with Gasteiger partial charge in [-0.2, -0.15) is 0 Å². The standard InChI is InChI=1S/C21H18FN3OS/c1-13(2)25-12-14(17-5-3-4-6-18(17)25)11-19-20(26)24-21(27-19)23-16-9-7-15(22)8-10-16/h3-13H,1-2H3,(H,23,24,26)/b19-11+. The lowest BCUT2D eigenvalue weighted by Crippen LogP contribution is -2.19. The molecular formula is C21H18FN3OS. The van der Waals surface area contributed by atoms with Crippen molar-refractivity contribution in [1.29, 1.82) is 0 Å². The molecule has 0 aliphatic carbocycles. The number of amidine groups is 1. The van der Waals surface area contributed by atoms with Gasteiger partial charge < -0.3 is 9.88 Å². The van der Waals surface area contributed by atoms with E-state index in [-0.39, 0.29) is 11.7 Å². The molecule has 27 heavy (non-hydrogen) atoms. The van der Waals surface area contributed by atoms with Crippen LogP contribution in [0.25, 0.3) is 17.0 Å². The van der Waals surface area contributed by atoms with Crippen LogP contribution in [0.5, 0.6) is 0 Å². The maximum atomic E-state index is 13.0. The Hall–Kier alpha value is -2.86. The van der Waals surface area contributed by atoms with Crippen LogP contribution in [0.4, 0.5) is 10.1 Å². The second-order valence-corrected chi connectivity index (χ2v) is 7.59. The molecule has 136 valence electrons. The summed E-state index contributed by atoms with van der Waals surface area (Å²) in [6, 6.07) is 14.3. The van der Waals surface area contributed by atoms with Crippen LogP contribution < -0.4 is 5.32 Å². The van der Waals surface area contributed by atoms with Crippen LogP contribution in [0, 0.1) is 5.82 Å². The highest BCUT2D eigenvalue weighted by atomic mass is 32.2. The monoisotopic (exact) mass is 379 g/mol. The van der Waals surface area contributed by atoms with Gasteiger partial charge in [0.2, 0.25) is 0 Å². The molecule has 1 aliphatic heterocycles. The summed E-state index contributed by atoms with van der Waals surface area (Å²) in [5.74, 6) is -0.494. The van der Waals surface area contributed by atoms with E-state index in [0.29, 0.717) is 21.8 Å². The molecule has 0 saturated carbocycles. The summed E-state index contributed by atoms with van der Waals surface area (Å²) < 4.78 is 15.2. The summed E-state index contributed by atoms with van der Waals surface area (Å²) in [5.41, 5.74) is 2.74. The lowest BCUT2D eigenvalue weighted by Gasteiger charge is -2.08. The SMILES string of the molecule is CC(C)n1cc(/C=C2/SC(=Nc3ccc(F)cc3)NC2=O)c2ccccc21. The van der Waals surface area contributed by atoms with E-state index < -0.39 is 0 Å². The van der Waals surface area contributed by atoms with Gasteiger partial charge in [-0.3, -0.25) is 4.79 Å². The minimum Gasteiger partial charge on any atom is -0.344 e. The van der Waals surface area contributed by atoms with Gasteiger partial charge in [0.15, 0.2) is 5.17 Å². The summed E-state index contributed by atoms with van der Waals surface area (Å²) in [4.78, 5) is 17.3. The zero-order valence-corrected chi connectivity index (χ0v) is 15.8. The van der Waals surface area contributed by atoms with E-state index in [9.17, 15) is 9.18 Å². The molecule has 0 bridgehead atoms. The fourth-order valence-corrected chi connectivity index (χ4v) is 3.86. The van der Waals surface area contributed by atoms with E-state index in [1.54, 1.807) is 12.1 Å². The number of nitrogens with zero attached hydrogens (tertiary/aromatic N) is 2. The first-order valence-electron chi connectivity index (χ1n) is 8.66. The number of carbonyl (C=O) groups is 1. The van der Waals surface area contributed by atoms with Crippen molar-refractivity contribution in [2.45, 2.75) is 19.9 Å². The van der Waals surface area contributed by atoms with Crippen LogP contribution in [0.15, 0.2) is 64.6 Å². The Labute approximate surface area is 160 Å². The third kappa shape index (κ3) is 3.53. The molecule has 1 aliphatic rings. The summed E-state index contributed by atoms with van der Waals surface area (Å²) in [7, 11) is 0. The number of aromatic nitrogens is 1. The van der Waals surface area contributed by atoms with Crippen molar-refractivity contribution in [3.8, 4) is 0 Å². The fourth-order valence-electron chi connectivity index (χ4n) is 3.03. The second-order valence-electron chi connectivity index (χ2n) is 6.56.